The van der Waals surface area contributed by atoms with Crippen LogP contribution in [0.3, 0.4) is 0 Å². The Hall–Kier alpha value is -3.49. The molecule has 0 spiro atoms. The molecule has 0 aliphatic rings. The number of amides is 1. The van der Waals surface area contributed by atoms with Crippen molar-refractivity contribution in [3.8, 4) is 5.69 Å². The molecule has 0 atom stereocenters. The van der Waals surface area contributed by atoms with Crippen LogP contribution >= 0.6 is 0 Å². The van der Waals surface area contributed by atoms with Crippen molar-refractivity contribution in [1.29, 1.82) is 0 Å². The number of benzene rings is 1. The third-order valence-corrected chi connectivity index (χ3v) is 3.13. The molecule has 1 N–H and O–H groups in total. The Balaban J connectivity index is 1.77. The maximum Gasteiger partial charge on any atom is 0.269 e. The second kappa shape index (κ2) is 5.72. The van der Waals surface area contributed by atoms with Gasteiger partial charge in [-0.25, -0.2) is 4.68 Å². The minimum Gasteiger partial charge on any atom is -0.319 e. The largest absolute Gasteiger partial charge is 0.319 e. The number of nitrogens with one attached hydrogen (secondary N) is 1. The van der Waals surface area contributed by atoms with Gasteiger partial charge >= 0.3 is 0 Å². The second-order valence-electron chi connectivity index (χ2n) is 4.80. The first-order valence-corrected chi connectivity index (χ1v) is 6.62. The van der Waals surface area contributed by atoms with Gasteiger partial charge in [-0.2, -0.15) is 10.2 Å². The van der Waals surface area contributed by atoms with Crippen LogP contribution in [0, 0.1) is 10.1 Å². The SMILES string of the molecule is Cn1cc(NC(=O)c2cnn(-c3ccc([N+](=O)[O-])cc3)c2)cn1. The molecule has 9 heteroatoms. The topological polar surface area (TPSA) is 108 Å². The molecular formula is C14H12N6O3. The Morgan fingerprint density at radius 1 is 1.17 bits per heavy atom. The van der Waals surface area contributed by atoms with E-state index in [0.29, 0.717) is 16.9 Å². The Kier molecular flexibility index (Phi) is 3.59. The summed E-state index contributed by atoms with van der Waals surface area (Å²) < 4.78 is 3.05. The molecule has 0 fully saturated rings. The predicted octanol–water partition coefficient (Wildman–Crippen LogP) is 1.77. The lowest BCUT2D eigenvalue weighted by Crippen LogP contribution is -2.10. The molecule has 1 amide bonds. The molecule has 0 aliphatic carbocycles. The third-order valence-electron chi connectivity index (χ3n) is 3.13. The van der Waals surface area contributed by atoms with Crippen LogP contribution in [0.4, 0.5) is 11.4 Å². The van der Waals surface area contributed by atoms with E-state index in [2.05, 4.69) is 15.5 Å². The summed E-state index contributed by atoms with van der Waals surface area (Å²) in [6, 6.07) is 5.89. The fourth-order valence-electron chi connectivity index (χ4n) is 2.00. The molecule has 9 nitrogen and oxygen atoms in total. The molecule has 2 heterocycles. The van der Waals surface area contributed by atoms with Gasteiger partial charge in [0.25, 0.3) is 11.6 Å². The number of aryl methyl sites for hydroxylation is 1. The molecule has 1 aromatic carbocycles. The van der Waals surface area contributed by atoms with Crippen LogP contribution in [0.25, 0.3) is 5.69 Å². The van der Waals surface area contributed by atoms with Crippen LogP contribution in [-0.2, 0) is 7.05 Å². The Labute approximate surface area is 130 Å². The number of non-ortho nitro benzene ring substituents is 1. The summed E-state index contributed by atoms with van der Waals surface area (Å²) >= 11 is 0. The van der Waals surface area contributed by atoms with Crippen molar-refractivity contribution in [1.82, 2.24) is 19.6 Å². The van der Waals surface area contributed by atoms with Crippen LogP contribution in [-0.4, -0.2) is 30.4 Å². The number of aromatic nitrogens is 4. The van der Waals surface area contributed by atoms with Gasteiger partial charge in [-0.1, -0.05) is 0 Å². The fourth-order valence-corrected chi connectivity index (χ4v) is 2.00. The smallest absolute Gasteiger partial charge is 0.269 e. The summed E-state index contributed by atoms with van der Waals surface area (Å²) in [5, 5.41) is 21.4. The lowest BCUT2D eigenvalue weighted by atomic mass is 10.3. The van der Waals surface area contributed by atoms with Gasteiger partial charge in [0.1, 0.15) is 0 Å². The van der Waals surface area contributed by atoms with Gasteiger partial charge in [-0.15, -0.1) is 0 Å². The highest BCUT2D eigenvalue weighted by Crippen LogP contribution is 2.15. The minimum atomic E-state index is -0.473. The van der Waals surface area contributed by atoms with E-state index in [1.54, 1.807) is 42.5 Å². The van der Waals surface area contributed by atoms with Crippen molar-refractivity contribution in [2.75, 3.05) is 5.32 Å². The molecule has 0 aliphatic heterocycles. The van der Waals surface area contributed by atoms with E-state index < -0.39 is 4.92 Å². The van der Waals surface area contributed by atoms with E-state index in [4.69, 9.17) is 0 Å². The summed E-state index contributed by atoms with van der Waals surface area (Å²) in [5.74, 6) is -0.314. The first-order valence-electron chi connectivity index (χ1n) is 6.62. The first-order chi connectivity index (χ1) is 11.0. The normalized spacial score (nSPS) is 10.5. The zero-order valence-electron chi connectivity index (χ0n) is 12.1. The molecule has 3 aromatic rings. The maximum absolute atomic E-state index is 12.1. The Morgan fingerprint density at radius 3 is 2.52 bits per heavy atom. The van der Waals surface area contributed by atoms with Gasteiger partial charge in [0.05, 0.1) is 34.3 Å². The van der Waals surface area contributed by atoms with E-state index in [0.717, 1.165) is 0 Å². The number of carbonyl (C=O) groups excluding carboxylic acids is 1. The standard InChI is InChI=1S/C14H12N6O3/c1-18-9-11(7-15-18)17-14(21)10-6-16-19(8-10)12-2-4-13(5-3-12)20(22)23/h2-9H,1H3,(H,17,21). The minimum absolute atomic E-state index is 0.00421. The Morgan fingerprint density at radius 2 is 1.91 bits per heavy atom. The van der Waals surface area contributed by atoms with Gasteiger partial charge < -0.3 is 5.32 Å². The number of hydrogen-bond donors (Lipinski definition) is 1. The molecule has 0 unspecified atom stereocenters. The lowest BCUT2D eigenvalue weighted by Gasteiger charge is -2.00. The third kappa shape index (κ3) is 3.07. The average molecular weight is 312 g/mol. The van der Waals surface area contributed by atoms with Crippen molar-refractivity contribution in [3.63, 3.8) is 0 Å². The molecule has 0 radical (unpaired) electrons. The van der Waals surface area contributed by atoms with E-state index in [-0.39, 0.29) is 11.6 Å². The lowest BCUT2D eigenvalue weighted by molar-refractivity contribution is -0.384. The maximum atomic E-state index is 12.1. The zero-order chi connectivity index (χ0) is 16.4. The number of hydrogen-bond acceptors (Lipinski definition) is 5. The predicted molar refractivity (Wildman–Crippen MR) is 81.4 cm³/mol. The van der Waals surface area contributed by atoms with Crippen LogP contribution < -0.4 is 5.32 Å². The Bertz CT molecular complexity index is 865. The van der Waals surface area contributed by atoms with Gasteiger partial charge in [0, 0.05) is 31.6 Å². The molecule has 0 bridgehead atoms. The highest BCUT2D eigenvalue weighted by atomic mass is 16.6. The van der Waals surface area contributed by atoms with E-state index in [1.165, 1.54) is 23.0 Å². The number of carbonyl (C=O) groups is 1. The average Bonchev–Trinajstić information content (AvgIpc) is 3.16. The summed E-state index contributed by atoms with van der Waals surface area (Å²) in [6.45, 7) is 0. The molecule has 0 saturated carbocycles. The van der Waals surface area contributed by atoms with E-state index >= 15 is 0 Å². The molecule has 3 rings (SSSR count). The molecular weight excluding hydrogens is 300 g/mol. The number of nitro groups is 1. The number of nitro benzene ring substituents is 1. The fraction of sp³-hybridized carbons (Fsp3) is 0.0714. The van der Waals surface area contributed by atoms with Crippen LogP contribution in [0.5, 0.6) is 0 Å². The molecule has 23 heavy (non-hydrogen) atoms. The monoisotopic (exact) mass is 312 g/mol. The summed E-state index contributed by atoms with van der Waals surface area (Å²) in [5.41, 5.74) is 1.57. The number of rotatable bonds is 4. The van der Waals surface area contributed by atoms with E-state index in [9.17, 15) is 14.9 Å². The highest BCUT2D eigenvalue weighted by Gasteiger charge is 2.11. The van der Waals surface area contributed by atoms with Crippen LogP contribution in [0.1, 0.15) is 10.4 Å². The van der Waals surface area contributed by atoms with Crippen LogP contribution in [0.2, 0.25) is 0 Å². The molecule has 116 valence electrons. The van der Waals surface area contributed by atoms with Gasteiger partial charge in [0.15, 0.2) is 0 Å². The van der Waals surface area contributed by atoms with Gasteiger partial charge in [-0.3, -0.25) is 19.6 Å². The molecule has 0 saturated heterocycles. The summed E-state index contributed by atoms with van der Waals surface area (Å²) in [7, 11) is 1.75. The van der Waals surface area contributed by atoms with Gasteiger partial charge in [-0.05, 0) is 12.1 Å². The summed E-state index contributed by atoms with van der Waals surface area (Å²) in [6.07, 6.45) is 6.19. The van der Waals surface area contributed by atoms with Crippen molar-refractivity contribution in [2.24, 2.45) is 7.05 Å². The molecule has 2 aromatic heterocycles. The van der Waals surface area contributed by atoms with Crippen molar-refractivity contribution < 1.29 is 9.72 Å². The summed E-state index contributed by atoms with van der Waals surface area (Å²) in [4.78, 5) is 22.3. The van der Waals surface area contributed by atoms with E-state index in [1.807, 2.05) is 0 Å². The number of nitrogens with zero attached hydrogens (tertiary/aromatic N) is 5. The van der Waals surface area contributed by atoms with Crippen LogP contribution in [0.15, 0.2) is 49.1 Å². The number of anilines is 1. The quantitative estimate of drug-likeness (QED) is 0.583. The van der Waals surface area contributed by atoms with Crippen molar-refractivity contribution in [2.45, 2.75) is 0 Å². The zero-order valence-corrected chi connectivity index (χ0v) is 12.1. The van der Waals surface area contributed by atoms with Gasteiger partial charge in [0.2, 0.25) is 0 Å². The van der Waals surface area contributed by atoms with Crippen molar-refractivity contribution in [3.05, 3.63) is 64.7 Å². The highest BCUT2D eigenvalue weighted by molar-refractivity contribution is 6.03. The first kappa shape index (κ1) is 14.4. The van der Waals surface area contributed by atoms with Crippen molar-refractivity contribution >= 4 is 17.3 Å². The second-order valence-corrected chi connectivity index (χ2v) is 4.80.